The molecule has 1 fully saturated rings. The van der Waals surface area contributed by atoms with Crippen molar-refractivity contribution in [2.75, 3.05) is 6.54 Å². The summed E-state index contributed by atoms with van der Waals surface area (Å²) in [5, 5.41) is 5.65. The zero-order valence-electron chi connectivity index (χ0n) is 13.1. The number of benzene rings is 1. The van der Waals surface area contributed by atoms with E-state index in [1.165, 1.54) is 16.1 Å². The Morgan fingerprint density at radius 3 is 3.00 bits per heavy atom. The predicted octanol–water partition coefficient (Wildman–Crippen LogP) is 3.84. The fourth-order valence-corrected chi connectivity index (χ4v) is 4.58. The van der Waals surface area contributed by atoms with E-state index in [-0.39, 0.29) is 0 Å². The molecule has 1 saturated heterocycles. The van der Waals surface area contributed by atoms with Gasteiger partial charge in [-0.15, -0.1) is 11.3 Å². The maximum Gasteiger partial charge on any atom is 0.198 e. The molecule has 0 spiro atoms. The summed E-state index contributed by atoms with van der Waals surface area (Å²) in [5.74, 6) is 0. The number of aromatic nitrogens is 4. The van der Waals surface area contributed by atoms with Crippen LogP contribution in [0, 0.1) is 4.77 Å². The van der Waals surface area contributed by atoms with Gasteiger partial charge in [0.25, 0.3) is 0 Å². The number of para-hydroxylation sites is 1. The van der Waals surface area contributed by atoms with E-state index in [9.17, 15) is 0 Å². The Morgan fingerprint density at radius 2 is 2.22 bits per heavy atom. The van der Waals surface area contributed by atoms with Crippen LogP contribution in [-0.2, 0) is 13.2 Å². The third kappa shape index (κ3) is 2.73. The number of thiazole rings is 1. The molecular formula is C16H19N5S2. The molecule has 1 aliphatic heterocycles. The lowest BCUT2D eigenvalue weighted by atomic mass is 10.2. The Morgan fingerprint density at radius 1 is 1.35 bits per heavy atom. The second-order valence-corrected chi connectivity index (χ2v) is 7.26. The standard InChI is InChI=1S/C16H19N5S2/c1-2-19-10-17-21(16(19)22)11-20-9-5-7-13(20)15-18-12-6-3-4-8-14(12)23-15/h3-4,6,8,10,13H,2,5,7,9,11H2,1H3/t13-/m1/s1. The molecule has 1 aliphatic rings. The third-order valence-corrected chi connectivity index (χ3v) is 6.00. The molecule has 3 heterocycles. The number of hydrogen-bond acceptors (Lipinski definition) is 5. The van der Waals surface area contributed by atoms with Crippen molar-refractivity contribution in [2.24, 2.45) is 0 Å². The van der Waals surface area contributed by atoms with Gasteiger partial charge in [0.05, 0.1) is 22.9 Å². The normalized spacial score (nSPS) is 18.9. The lowest BCUT2D eigenvalue weighted by molar-refractivity contribution is 0.189. The summed E-state index contributed by atoms with van der Waals surface area (Å²) in [4.78, 5) is 7.29. The number of nitrogens with zero attached hydrogens (tertiary/aromatic N) is 5. The van der Waals surface area contributed by atoms with Crippen LogP contribution in [-0.4, -0.2) is 30.8 Å². The highest BCUT2D eigenvalue weighted by atomic mass is 32.1. The molecule has 4 rings (SSSR count). The summed E-state index contributed by atoms with van der Waals surface area (Å²) in [5.41, 5.74) is 1.10. The SMILES string of the molecule is CCn1cnn(CN2CCC[C@@H]2c2nc3ccccc3s2)c1=S. The molecule has 1 atom stereocenters. The first-order chi connectivity index (χ1) is 11.3. The molecule has 0 unspecified atom stereocenters. The quantitative estimate of drug-likeness (QED) is 0.674. The molecule has 1 aromatic carbocycles. The van der Waals surface area contributed by atoms with Crippen LogP contribution in [0.2, 0.25) is 0 Å². The summed E-state index contributed by atoms with van der Waals surface area (Å²) in [6.07, 6.45) is 4.18. The van der Waals surface area contributed by atoms with Crippen LogP contribution in [0.15, 0.2) is 30.6 Å². The lowest BCUT2D eigenvalue weighted by Crippen LogP contribution is -2.27. The lowest BCUT2D eigenvalue weighted by Gasteiger charge is -2.22. The van der Waals surface area contributed by atoms with Gasteiger partial charge in [-0.25, -0.2) is 9.67 Å². The minimum Gasteiger partial charge on any atom is -0.307 e. The van der Waals surface area contributed by atoms with Crippen molar-refractivity contribution in [1.82, 2.24) is 24.2 Å². The molecule has 0 radical (unpaired) electrons. The van der Waals surface area contributed by atoms with Crippen molar-refractivity contribution >= 4 is 33.8 Å². The number of hydrogen-bond donors (Lipinski definition) is 0. The molecule has 5 nitrogen and oxygen atoms in total. The molecule has 0 saturated carbocycles. The van der Waals surface area contributed by atoms with Crippen LogP contribution in [0.3, 0.4) is 0 Å². The molecule has 23 heavy (non-hydrogen) atoms. The molecule has 0 N–H and O–H groups in total. The van der Waals surface area contributed by atoms with Crippen molar-refractivity contribution in [2.45, 2.75) is 39.0 Å². The van der Waals surface area contributed by atoms with Crippen LogP contribution in [0.25, 0.3) is 10.2 Å². The zero-order valence-corrected chi connectivity index (χ0v) is 14.7. The summed E-state index contributed by atoms with van der Waals surface area (Å²) in [6, 6.07) is 8.74. The van der Waals surface area contributed by atoms with Gasteiger partial charge in [-0.3, -0.25) is 4.90 Å². The predicted molar refractivity (Wildman–Crippen MR) is 95.0 cm³/mol. The average molecular weight is 345 g/mol. The van der Waals surface area contributed by atoms with Crippen LogP contribution in [0.4, 0.5) is 0 Å². The molecule has 0 aliphatic carbocycles. The van der Waals surface area contributed by atoms with E-state index in [2.05, 4.69) is 41.2 Å². The molecule has 0 amide bonds. The van der Waals surface area contributed by atoms with Crippen LogP contribution in [0.1, 0.15) is 30.8 Å². The molecule has 7 heteroatoms. The first-order valence-corrected chi connectivity index (χ1v) is 9.20. The van der Waals surface area contributed by atoms with E-state index in [4.69, 9.17) is 17.2 Å². The van der Waals surface area contributed by atoms with E-state index in [1.54, 1.807) is 0 Å². The number of fused-ring (bicyclic) bond motifs is 1. The highest BCUT2D eigenvalue weighted by molar-refractivity contribution is 7.71. The van der Waals surface area contributed by atoms with Crippen molar-refractivity contribution in [3.05, 3.63) is 40.4 Å². The highest BCUT2D eigenvalue weighted by Gasteiger charge is 2.29. The highest BCUT2D eigenvalue weighted by Crippen LogP contribution is 2.36. The summed E-state index contributed by atoms with van der Waals surface area (Å²) in [6.45, 7) is 4.76. The van der Waals surface area contributed by atoms with Crippen molar-refractivity contribution < 1.29 is 0 Å². The van der Waals surface area contributed by atoms with Crippen LogP contribution >= 0.6 is 23.6 Å². The maximum atomic E-state index is 5.49. The Hall–Kier alpha value is -1.57. The van der Waals surface area contributed by atoms with Crippen molar-refractivity contribution in [3.63, 3.8) is 0 Å². The van der Waals surface area contributed by atoms with Gasteiger partial charge in [0.15, 0.2) is 4.77 Å². The molecular weight excluding hydrogens is 326 g/mol. The van der Waals surface area contributed by atoms with Gasteiger partial charge in [0.2, 0.25) is 0 Å². The molecule has 3 aromatic rings. The Balaban J connectivity index is 1.61. The van der Waals surface area contributed by atoms with Crippen LogP contribution in [0.5, 0.6) is 0 Å². The largest absolute Gasteiger partial charge is 0.307 e. The summed E-state index contributed by atoms with van der Waals surface area (Å²) in [7, 11) is 0. The number of aryl methyl sites for hydroxylation is 1. The Bertz CT molecular complexity index is 845. The fraction of sp³-hybridized carbons (Fsp3) is 0.438. The second kappa shape index (κ2) is 6.14. The molecule has 0 bridgehead atoms. The van der Waals surface area contributed by atoms with Gasteiger partial charge in [-0.05, 0) is 44.1 Å². The first kappa shape index (κ1) is 15.0. The Kier molecular flexibility index (Phi) is 4.00. The zero-order chi connectivity index (χ0) is 15.8. The van der Waals surface area contributed by atoms with E-state index >= 15 is 0 Å². The summed E-state index contributed by atoms with van der Waals surface area (Å²) < 4.78 is 5.98. The minimum absolute atomic E-state index is 0.376. The molecule has 120 valence electrons. The van der Waals surface area contributed by atoms with Gasteiger partial charge in [-0.1, -0.05) is 12.1 Å². The van der Waals surface area contributed by atoms with Gasteiger partial charge in [-0.2, -0.15) is 5.10 Å². The average Bonchev–Trinajstić information content (AvgIpc) is 3.26. The third-order valence-electron chi connectivity index (χ3n) is 4.41. The van der Waals surface area contributed by atoms with E-state index in [0.29, 0.717) is 6.04 Å². The van der Waals surface area contributed by atoms with Gasteiger partial charge in [0.1, 0.15) is 11.3 Å². The van der Waals surface area contributed by atoms with E-state index in [1.807, 2.05) is 26.9 Å². The van der Waals surface area contributed by atoms with E-state index < -0.39 is 0 Å². The van der Waals surface area contributed by atoms with Gasteiger partial charge >= 0.3 is 0 Å². The second-order valence-electron chi connectivity index (χ2n) is 5.83. The number of likely N-dealkylation sites (tertiary alicyclic amines) is 1. The fourth-order valence-electron chi connectivity index (χ4n) is 3.17. The van der Waals surface area contributed by atoms with Crippen molar-refractivity contribution in [3.8, 4) is 0 Å². The maximum absolute atomic E-state index is 5.49. The Labute approximate surface area is 144 Å². The minimum atomic E-state index is 0.376. The van der Waals surface area contributed by atoms with E-state index in [0.717, 1.165) is 36.5 Å². The monoisotopic (exact) mass is 345 g/mol. The topological polar surface area (TPSA) is 38.9 Å². The smallest absolute Gasteiger partial charge is 0.198 e. The number of rotatable bonds is 4. The van der Waals surface area contributed by atoms with Gasteiger partial charge in [0, 0.05) is 13.1 Å². The first-order valence-electron chi connectivity index (χ1n) is 7.98. The van der Waals surface area contributed by atoms with Crippen molar-refractivity contribution in [1.29, 1.82) is 0 Å². The van der Waals surface area contributed by atoms with Crippen LogP contribution < -0.4 is 0 Å². The molecule has 2 aromatic heterocycles. The summed E-state index contributed by atoms with van der Waals surface area (Å²) >= 11 is 7.30. The van der Waals surface area contributed by atoms with Gasteiger partial charge < -0.3 is 4.57 Å².